The predicted molar refractivity (Wildman–Crippen MR) is 62.6 cm³/mol. The number of aliphatic hydroxyl groups is 1. The number of thiol groups is 1. The van der Waals surface area contributed by atoms with Gasteiger partial charge in [-0.2, -0.15) is 0 Å². The van der Waals surface area contributed by atoms with E-state index < -0.39 is 0 Å². The summed E-state index contributed by atoms with van der Waals surface area (Å²) in [5.41, 5.74) is 0. The Bertz CT molecular complexity index is 310. The molecule has 1 fully saturated rings. The molecule has 2 atom stereocenters. The Labute approximate surface area is 95.7 Å². The van der Waals surface area contributed by atoms with Gasteiger partial charge in [-0.15, -0.1) is 12.6 Å². The van der Waals surface area contributed by atoms with E-state index in [-0.39, 0.29) is 12.2 Å². The molecule has 2 nitrogen and oxygen atoms in total. The van der Waals surface area contributed by atoms with Crippen molar-refractivity contribution in [3.05, 3.63) is 24.3 Å². The summed E-state index contributed by atoms with van der Waals surface area (Å²) in [5.74, 6) is 0.818. The van der Waals surface area contributed by atoms with Crippen molar-refractivity contribution in [2.75, 3.05) is 0 Å². The summed E-state index contributed by atoms with van der Waals surface area (Å²) < 4.78 is 5.74. The Morgan fingerprint density at radius 3 is 2.47 bits per heavy atom. The molecule has 0 heterocycles. The van der Waals surface area contributed by atoms with Crippen LogP contribution in [0.5, 0.6) is 5.75 Å². The smallest absolute Gasteiger partial charge is 0.124 e. The first-order valence-corrected chi connectivity index (χ1v) is 5.84. The molecule has 15 heavy (non-hydrogen) atoms. The summed E-state index contributed by atoms with van der Waals surface area (Å²) in [5, 5.41) is 9.74. The van der Waals surface area contributed by atoms with Gasteiger partial charge in [-0.25, -0.2) is 0 Å². The first-order chi connectivity index (χ1) is 7.25. The third kappa shape index (κ3) is 2.89. The highest BCUT2D eigenvalue weighted by Crippen LogP contribution is 2.24. The highest BCUT2D eigenvalue weighted by atomic mass is 32.1. The quantitative estimate of drug-likeness (QED) is 0.756. The van der Waals surface area contributed by atoms with Gasteiger partial charge in [0.25, 0.3) is 0 Å². The second-order valence-electron chi connectivity index (χ2n) is 4.00. The van der Waals surface area contributed by atoms with E-state index in [1.54, 1.807) is 0 Å². The van der Waals surface area contributed by atoms with E-state index in [4.69, 9.17) is 4.74 Å². The molecule has 82 valence electrons. The summed E-state index contributed by atoms with van der Waals surface area (Å²) in [6.45, 7) is 0. The molecular formula is C12H16O2S. The van der Waals surface area contributed by atoms with Crippen LogP contribution in [0.1, 0.15) is 25.7 Å². The Hall–Kier alpha value is -0.670. The summed E-state index contributed by atoms with van der Waals surface area (Å²) >= 11 is 4.21. The Morgan fingerprint density at radius 2 is 1.80 bits per heavy atom. The second kappa shape index (κ2) is 4.90. The third-order valence-corrected chi connectivity index (χ3v) is 3.09. The van der Waals surface area contributed by atoms with E-state index in [1.807, 2.05) is 24.3 Å². The van der Waals surface area contributed by atoms with Gasteiger partial charge in [0.1, 0.15) is 11.9 Å². The monoisotopic (exact) mass is 224 g/mol. The first kappa shape index (κ1) is 10.8. The maximum atomic E-state index is 9.74. The molecule has 0 aromatic heterocycles. The van der Waals surface area contributed by atoms with Gasteiger partial charge in [0.05, 0.1) is 6.10 Å². The van der Waals surface area contributed by atoms with Crippen LogP contribution in [0.15, 0.2) is 29.2 Å². The van der Waals surface area contributed by atoms with Crippen LogP contribution >= 0.6 is 12.6 Å². The van der Waals surface area contributed by atoms with Crippen LogP contribution in [0.3, 0.4) is 0 Å². The Balaban J connectivity index is 1.98. The fourth-order valence-corrected chi connectivity index (χ4v) is 2.06. The van der Waals surface area contributed by atoms with Crippen LogP contribution < -0.4 is 4.74 Å². The summed E-state index contributed by atoms with van der Waals surface area (Å²) in [4.78, 5) is 0.923. The van der Waals surface area contributed by atoms with Crippen molar-refractivity contribution in [2.45, 2.75) is 42.8 Å². The molecule has 2 rings (SSSR count). The number of benzene rings is 1. The van der Waals surface area contributed by atoms with Crippen molar-refractivity contribution in [3.63, 3.8) is 0 Å². The highest BCUT2D eigenvalue weighted by Gasteiger charge is 2.24. The fourth-order valence-electron chi connectivity index (χ4n) is 1.91. The number of aliphatic hydroxyl groups excluding tert-OH is 1. The molecule has 3 heteroatoms. The lowest BCUT2D eigenvalue weighted by Crippen LogP contribution is -2.34. The maximum Gasteiger partial charge on any atom is 0.124 e. The molecule has 1 aromatic carbocycles. The van der Waals surface area contributed by atoms with Crippen LogP contribution in [-0.4, -0.2) is 17.3 Å². The first-order valence-electron chi connectivity index (χ1n) is 5.39. The lowest BCUT2D eigenvalue weighted by Gasteiger charge is -2.28. The normalized spacial score (nSPS) is 26.3. The van der Waals surface area contributed by atoms with Crippen molar-refractivity contribution in [1.82, 2.24) is 0 Å². The molecule has 0 radical (unpaired) electrons. The zero-order valence-electron chi connectivity index (χ0n) is 8.60. The van der Waals surface area contributed by atoms with E-state index in [0.29, 0.717) is 0 Å². The Kier molecular flexibility index (Phi) is 3.54. The van der Waals surface area contributed by atoms with Gasteiger partial charge in [0.15, 0.2) is 0 Å². The SMILES string of the molecule is OC1CCCCC1Oc1ccc(S)cc1. The van der Waals surface area contributed by atoms with Gasteiger partial charge in [-0.1, -0.05) is 6.42 Å². The molecule has 1 aromatic rings. The lowest BCUT2D eigenvalue weighted by atomic mass is 9.95. The fraction of sp³-hybridized carbons (Fsp3) is 0.500. The molecule has 1 aliphatic carbocycles. The molecule has 1 aliphatic rings. The van der Waals surface area contributed by atoms with Crippen molar-refractivity contribution < 1.29 is 9.84 Å². The topological polar surface area (TPSA) is 29.5 Å². The minimum Gasteiger partial charge on any atom is -0.488 e. The summed E-state index contributed by atoms with van der Waals surface area (Å²) in [6.07, 6.45) is 3.71. The van der Waals surface area contributed by atoms with Gasteiger partial charge < -0.3 is 9.84 Å². The minimum atomic E-state index is -0.311. The van der Waals surface area contributed by atoms with Crippen molar-refractivity contribution >= 4 is 12.6 Å². The zero-order chi connectivity index (χ0) is 10.7. The molecule has 0 spiro atoms. The van der Waals surface area contributed by atoms with Crippen LogP contribution in [0, 0.1) is 0 Å². The molecule has 0 saturated heterocycles. The number of hydrogen-bond acceptors (Lipinski definition) is 3. The van der Waals surface area contributed by atoms with Crippen LogP contribution in [0.4, 0.5) is 0 Å². The van der Waals surface area contributed by atoms with Crippen molar-refractivity contribution in [1.29, 1.82) is 0 Å². The molecule has 0 aliphatic heterocycles. The summed E-state index contributed by atoms with van der Waals surface area (Å²) in [6, 6.07) is 7.58. The number of ether oxygens (including phenoxy) is 1. The molecule has 0 amide bonds. The van der Waals surface area contributed by atoms with Crippen LogP contribution in [0.2, 0.25) is 0 Å². The number of hydrogen-bond donors (Lipinski definition) is 2. The third-order valence-electron chi connectivity index (χ3n) is 2.79. The maximum absolute atomic E-state index is 9.74. The summed E-state index contributed by atoms with van der Waals surface area (Å²) in [7, 11) is 0. The zero-order valence-corrected chi connectivity index (χ0v) is 9.49. The average Bonchev–Trinajstić information content (AvgIpc) is 2.25. The van der Waals surface area contributed by atoms with E-state index in [1.165, 1.54) is 0 Å². The predicted octanol–water partition coefficient (Wildman–Crippen LogP) is 2.66. The standard InChI is InChI=1S/C12H16O2S/c13-11-3-1-2-4-12(11)14-9-5-7-10(15)8-6-9/h5-8,11-13,15H,1-4H2. The largest absolute Gasteiger partial charge is 0.488 e. The van der Waals surface area contributed by atoms with Gasteiger partial charge in [-0.05, 0) is 43.5 Å². The number of rotatable bonds is 2. The van der Waals surface area contributed by atoms with E-state index in [2.05, 4.69) is 12.6 Å². The van der Waals surface area contributed by atoms with E-state index in [0.717, 1.165) is 36.3 Å². The van der Waals surface area contributed by atoms with E-state index >= 15 is 0 Å². The molecule has 2 unspecified atom stereocenters. The molecular weight excluding hydrogens is 208 g/mol. The molecule has 1 saturated carbocycles. The Morgan fingerprint density at radius 1 is 1.13 bits per heavy atom. The van der Waals surface area contributed by atoms with Gasteiger partial charge in [0.2, 0.25) is 0 Å². The molecule has 1 N–H and O–H groups in total. The molecule has 0 bridgehead atoms. The minimum absolute atomic E-state index is 0.0375. The van der Waals surface area contributed by atoms with Crippen molar-refractivity contribution in [3.8, 4) is 5.75 Å². The average molecular weight is 224 g/mol. The van der Waals surface area contributed by atoms with Crippen molar-refractivity contribution in [2.24, 2.45) is 0 Å². The van der Waals surface area contributed by atoms with Gasteiger partial charge in [-0.3, -0.25) is 0 Å². The second-order valence-corrected chi connectivity index (χ2v) is 4.52. The van der Waals surface area contributed by atoms with Crippen LogP contribution in [0.25, 0.3) is 0 Å². The van der Waals surface area contributed by atoms with Gasteiger partial charge in [0, 0.05) is 4.90 Å². The van der Waals surface area contributed by atoms with Crippen LogP contribution in [-0.2, 0) is 0 Å². The van der Waals surface area contributed by atoms with E-state index in [9.17, 15) is 5.11 Å². The lowest BCUT2D eigenvalue weighted by molar-refractivity contribution is 0.00685. The van der Waals surface area contributed by atoms with Gasteiger partial charge >= 0.3 is 0 Å². The highest BCUT2D eigenvalue weighted by molar-refractivity contribution is 7.80.